The third-order valence-electron chi connectivity index (χ3n) is 4.07. The largest absolute Gasteiger partial charge is 0.496 e. The van der Waals surface area contributed by atoms with E-state index in [0.717, 1.165) is 18.7 Å². The van der Waals surface area contributed by atoms with Crippen molar-refractivity contribution in [1.82, 2.24) is 5.32 Å². The first-order valence-corrected chi connectivity index (χ1v) is 9.96. The predicted octanol–water partition coefficient (Wildman–Crippen LogP) is 4.20. The van der Waals surface area contributed by atoms with E-state index in [9.17, 15) is 0 Å². The number of hydrogen-bond acceptors (Lipinski definition) is 4. The molecular weight excluding hydrogens is 298 g/mol. The van der Waals surface area contributed by atoms with Gasteiger partial charge in [0.1, 0.15) is 5.75 Å². The van der Waals surface area contributed by atoms with Gasteiger partial charge in [0.15, 0.2) is 0 Å². The molecule has 0 spiro atoms. The first-order valence-electron chi connectivity index (χ1n) is 7.75. The van der Waals surface area contributed by atoms with Crippen molar-refractivity contribution in [2.45, 2.75) is 38.5 Å². The molecule has 2 rings (SSSR count). The summed E-state index contributed by atoms with van der Waals surface area (Å²) < 4.78 is 5.75. The number of hydrogen-bond donors (Lipinski definition) is 1. The molecule has 1 aromatic carbocycles. The summed E-state index contributed by atoms with van der Waals surface area (Å²) in [6, 6.07) is 4.87. The number of methoxy groups -OCH3 is 1. The van der Waals surface area contributed by atoms with Crippen LogP contribution >= 0.6 is 23.5 Å². The number of nitrogens with one attached hydrogen (secondary N) is 1. The molecule has 1 fully saturated rings. The van der Waals surface area contributed by atoms with Gasteiger partial charge in [0, 0.05) is 34.1 Å². The lowest BCUT2D eigenvalue weighted by Crippen LogP contribution is -2.34. The van der Waals surface area contributed by atoms with Gasteiger partial charge in [-0.1, -0.05) is 19.1 Å². The second-order valence-corrected chi connectivity index (χ2v) is 8.04. The Hall–Kier alpha value is -0.320. The molecule has 118 valence electrons. The van der Waals surface area contributed by atoms with E-state index in [2.05, 4.69) is 61.7 Å². The van der Waals surface area contributed by atoms with Crippen molar-refractivity contribution in [1.29, 1.82) is 0 Å². The maximum atomic E-state index is 5.75. The summed E-state index contributed by atoms with van der Waals surface area (Å²) in [6.07, 6.45) is 1.16. The lowest BCUT2D eigenvalue weighted by atomic mass is 9.97. The van der Waals surface area contributed by atoms with Crippen molar-refractivity contribution in [2.75, 3.05) is 30.9 Å². The second-order valence-electron chi connectivity index (χ2n) is 5.55. The minimum Gasteiger partial charge on any atom is -0.496 e. The molecule has 0 amide bonds. The normalized spacial score (nSPS) is 20.3. The molecule has 1 saturated heterocycles. The minimum absolute atomic E-state index is 0.386. The molecule has 0 radical (unpaired) electrons. The molecular formula is C17H27NOS2. The van der Waals surface area contributed by atoms with E-state index in [0.29, 0.717) is 11.3 Å². The summed E-state index contributed by atoms with van der Waals surface area (Å²) in [5, 5.41) is 4.39. The Labute approximate surface area is 137 Å². The zero-order valence-electron chi connectivity index (χ0n) is 13.6. The van der Waals surface area contributed by atoms with Crippen molar-refractivity contribution in [2.24, 2.45) is 0 Å². The Morgan fingerprint density at radius 1 is 1.33 bits per heavy atom. The van der Waals surface area contributed by atoms with E-state index in [-0.39, 0.29) is 0 Å². The molecule has 1 aliphatic rings. The van der Waals surface area contributed by atoms with Gasteiger partial charge in [-0.3, -0.25) is 0 Å². The van der Waals surface area contributed by atoms with E-state index in [4.69, 9.17) is 4.74 Å². The van der Waals surface area contributed by atoms with E-state index in [1.807, 2.05) is 0 Å². The van der Waals surface area contributed by atoms with Gasteiger partial charge in [-0.15, -0.1) is 0 Å². The number of rotatable bonds is 6. The zero-order chi connectivity index (χ0) is 15.2. The monoisotopic (exact) mass is 325 g/mol. The Balaban J connectivity index is 2.33. The summed E-state index contributed by atoms with van der Waals surface area (Å²) in [5.41, 5.74) is 3.90. The molecule has 2 unspecified atom stereocenters. The van der Waals surface area contributed by atoms with Crippen LogP contribution in [0.5, 0.6) is 5.75 Å². The van der Waals surface area contributed by atoms with E-state index < -0.39 is 0 Å². The smallest absolute Gasteiger partial charge is 0.126 e. The number of thioether (sulfide) groups is 2. The van der Waals surface area contributed by atoms with Crippen molar-refractivity contribution in [3.05, 3.63) is 28.8 Å². The average molecular weight is 326 g/mol. The highest BCUT2D eigenvalue weighted by Crippen LogP contribution is 2.39. The van der Waals surface area contributed by atoms with Gasteiger partial charge in [0.05, 0.1) is 7.11 Å². The van der Waals surface area contributed by atoms with Crippen molar-refractivity contribution in [3.63, 3.8) is 0 Å². The van der Waals surface area contributed by atoms with Crippen LogP contribution in [0.25, 0.3) is 0 Å². The van der Waals surface area contributed by atoms with Gasteiger partial charge in [0.25, 0.3) is 0 Å². The van der Waals surface area contributed by atoms with E-state index in [1.54, 1.807) is 7.11 Å². The van der Waals surface area contributed by atoms with Gasteiger partial charge in [-0.25, -0.2) is 0 Å². The highest BCUT2D eigenvalue weighted by molar-refractivity contribution is 8.06. The van der Waals surface area contributed by atoms with Gasteiger partial charge in [0.2, 0.25) is 0 Å². The zero-order valence-corrected chi connectivity index (χ0v) is 15.2. The fourth-order valence-corrected chi connectivity index (χ4v) is 5.63. The third-order valence-corrected chi connectivity index (χ3v) is 6.94. The maximum absolute atomic E-state index is 5.75. The Kier molecular flexibility index (Phi) is 6.77. The topological polar surface area (TPSA) is 21.3 Å². The van der Waals surface area contributed by atoms with Crippen LogP contribution in [0.15, 0.2) is 12.1 Å². The van der Waals surface area contributed by atoms with Crippen LogP contribution in [0.1, 0.15) is 36.1 Å². The molecule has 0 bridgehead atoms. The van der Waals surface area contributed by atoms with Crippen molar-refractivity contribution < 1.29 is 4.74 Å². The van der Waals surface area contributed by atoms with E-state index in [1.165, 1.54) is 33.9 Å². The van der Waals surface area contributed by atoms with Crippen molar-refractivity contribution in [3.8, 4) is 5.75 Å². The summed E-state index contributed by atoms with van der Waals surface area (Å²) in [7, 11) is 1.80. The molecule has 2 atom stereocenters. The van der Waals surface area contributed by atoms with Crippen LogP contribution in [0, 0.1) is 13.8 Å². The lowest BCUT2D eigenvalue weighted by molar-refractivity contribution is 0.395. The van der Waals surface area contributed by atoms with Gasteiger partial charge < -0.3 is 10.1 Å². The highest BCUT2D eigenvalue weighted by atomic mass is 32.2. The molecule has 0 saturated carbocycles. The third kappa shape index (κ3) is 4.11. The molecule has 0 aromatic heterocycles. The Bertz CT molecular complexity index is 458. The molecule has 1 heterocycles. The van der Waals surface area contributed by atoms with Crippen LogP contribution in [0.2, 0.25) is 0 Å². The lowest BCUT2D eigenvalue weighted by Gasteiger charge is -2.32. The maximum Gasteiger partial charge on any atom is 0.126 e. The Morgan fingerprint density at radius 2 is 2.14 bits per heavy atom. The molecule has 0 aliphatic carbocycles. The first kappa shape index (κ1) is 17.0. The second kappa shape index (κ2) is 8.35. The molecule has 1 aromatic rings. The van der Waals surface area contributed by atoms with Crippen LogP contribution in [-0.4, -0.2) is 36.2 Å². The summed E-state index contributed by atoms with van der Waals surface area (Å²) in [4.78, 5) is 0. The molecule has 4 heteroatoms. The van der Waals surface area contributed by atoms with Crippen LogP contribution < -0.4 is 10.1 Å². The highest BCUT2D eigenvalue weighted by Gasteiger charge is 2.28. The summed E-state index contributed by atoms with van der Waals surface area (Å²) in [6.45, 7) is 7.60. The standard InChI is InChI=1S/C17H27NOS2/c1-5-8-18-16(15-11-20-9-10-21-15)14-7-6-12(2)13(3)17(14)19-4/h6-7,15-16,18H,5,8-11H2,1-4H3. The molecule has 1 aliphatic heterocycles. The van der Waals surface area contributed by atoms with Crippen LogP contribution in [-0.2, 0) is 0 Å². The van der Waals surface area contributed by atoms with Gasteiger partial charge in [-0.05, 0) is 37.9 Å². The molecule has 2 nitrogen and oxygen atoms in total. The summed E-state index contributed by atoms with van der Waals surface area (Å²) in [5.74, 6) is 4.83. The SMILES string of the molecule is CCCNC(c1ccc(C)c(C)c1OC)C1CSCCS1. The van der Waals surface area contributed by atoms with Crippen molar-refractivity contribution >= 4 is 23.5 Å². The Morgan fingerprint density at radius 3 is 2.76 bits per heavy atom. The van der Waals surface area contributed by atoms with Gasteiger partial charge in [-0.2, -0.15) is 23.5 Å². The van der Waals surface area contributed by atoms with Gasteiger partial charge >= 0.3 is 0 Å². The molecule has 21 heavy (non-hydrogen) atoms. The van der Waals surface area contributed by atoms with Crippen LogP contribution in [0.3, 0.4) is 0 Å². The quantitative estimate of drug-likeness (QED) is 0.846. The summed E-state index contributed by atoms with van der Waals surface area (Å²) >= 11 is 4.19. The number of aryl methyl sites for hydroxylation is 1. The number of ether oxygens (including phenoxy) is 1. The first-order chi connectivity index (χ1) is 10.2. The average Bonchev–Trinajstić information content (AvgIpc) is 2.52. The number of benzene rings is 1. The van der Waals surface area contributed by atoms with E-state index >= 15 is 0 Å². The molecule has 1 N–H and O–H groups in total. The fraction of sp³-hybridized carbons (Fsp3) is 0.647. The minimum atomic E-state index is 0.386. The van der Waals surface area contributed by atoms with Crippen LogP contribution in [0.4, 0.5) is 0 Å². The fourth-order valence-electron chi connectivity index (χ4n) is 2.77. The predicted molar refractivity (Wildman–Crippen MR) is 97.1 cm³/mol.